The molecule has 0 atom stereocenters. The van der Waals surface area contributed by atoms with Crippen LogP contribution >= 0.6 is 11.6 Å². The molecule has 4 nitrogen and oxygen atoms in total. The van der Waals surface area contributed by atoms with Crippen LogP contribution in [0.25, 0.3) is 0 Å². The van der Waals surface area contributed by atoms with Crippen molar-refractivity contribution >= 4 is 21.6 Å². The van der Waals surface area contributed by atoms with E-state index in [0.717, 1.165) is 12.0 Å². The van der Waals surface area contributed by atoms with Crippen molar-refractivity contribution < 1.29 is 8.42 Å². The zero-order valence-electron chi connectivity index (χ0n) is 12.5. The van der Waals surface area contributed by atoms with Crippen molar-refractivity contribution in [3.8, 4) is 0 Å². The molecule has 114 valence electrons. The quantitative estimate of drug-likeness (QED) is 0.841. The van der Waals surface area contributed by atoms with Gasteiger partial charge in [0.25, 0.3) is 0 Å². The molecule has 1 rings (SSSR count). The molecule has 0 aliphatic rings. The van der Waals surface area contributed by atoms with Gasteiger partial charge < -0.3 is 5.32 Å². The van der Waals surface area contributed by atoms with Crippen molar-refractivity contribution in [3.63, 3.8) is 0 Å². The molecular weight excluding hydrogens is 296 g/mol. The van der Waals surface area contributed by atoms with Crippen molar-refractivity contribution in [2.24, 2.45) is 0 Å². The van der Waals surface area contributed by atoms with Crippen LogP contribution < -0.4 is 5.32 Å². The van der Waals surface area contributed by atoms with Crippen molar-refractivity contribution in [2.45, 2.75) is 44.7 Å². The van der Waals surface area contributed by atoms with Gasteiger partial charge in [-0.25, -0.2) is 12.7 Å². The van der Waals surface area contributed by atoms with E-state index in [9.17, 15) is 8.42 Å². The molecule has 6 heteroatoms. The van der Waals surface area contributed by atoms with Gasteiger partial charge in [0.2, 0.25) is 10.0 Å². The molecule has 0 saturated heterocycles. The molecule has 0 radical (unpaired) electrons. The summed E-state index contributed by atoms with van der Waals surface area (Å²) in [6.07, 6.45) is 0.783. The van der Waals surface area contributed by atoms with E-state index in [2.05, 4.69) is 5.32 Å². The average Bonchev–Trinajstić information content (AvgIpc) is 2.37. The van der Waals surface area contributed by atoms with Crippen LogP contribution in [0.1, 0.15) is 32.8 Å². The highest BCUT2D eigenvalue weighted by Crippen LogP contribution is 2.22. The second-order valence-electron chi connectivity index (χ2n) is 5.12. The van der Waals surface area contributed by atoms with Gasteiger partial charge in [0.05, 0.1) is 4.90 Å². The molecular formula is C14H23ClN2O2S. The summed E-state index contributed by atoms with van der Waals surface area (Å²) in [4.78, 5) is 0.290. The Kier molecular flexibility index (Phi) is 6.45. The largest absolute Gasteiger partial charge is 0.310 e. The van der Waals surface area contributed by atoms with Gasteiger partial charge in [0, 0.05) is 31.2 Å². The van der Waals surface area contributed by atoms with Gasteiger partial charge in [-0.05, 0) is 30.2 Å². The summed E-state index contributed by atoms with van der Waals surface area (Å²) in [6, 6.07) is 5.17. The standard InChI is InChI=1S/C14H23ClN2O2S/c1-5-8-17(4)20(18,19)13-6-7-14(15)12(9-13)10-16-11(2)3/h6-7,9,11,16H,5,8,10H2,1-4H3. The number of hydrogen-bond acceptors (Lipinski definition) is 3. The minimum absolute atomic E-state index is 0.290. The molecule has 0 heterocycles. The highest BCUT2D eigenvalue weighted by atomic mass is 35.5. The first kappa shape index (κ1) is 17.4. The third-order valence-electron chi connectivity index (χ3n) is 2.96. The van der Waals surface area contributed by atoms with Gasteiger partial charge in [0.15, 0.2) is 0 Å². The fraction of sp³-hybridized carbons (Fsp3) is 0.571. The van der Waals surface area contributed by atoms with Gasteiger partial charge in [-0.15, -0.1) is 0 Å². The first-order chi connectivity index (χ1) is 9.28. The molecule has 0 spiro atoms. The number of hydrogen-bond donors (Lipinski definition) is 1. The summed E-state index contributed by atoms with van der Waals surface area (Å²) in [5.41, 5.74) is 0.798. The molecule has 1 N–H and O–H groups in total. The van der Waals surface area contributed by atoms with E-state index in [1.165, 1.54) is 4.31 Å². The third kappa shape index (κ3) is 4.45. The predicted molar refractivity (Wildman–Crippen MR) is 83.5 cm³/mol. The van der Waals surface area contributed by atoms with Crippen molar-refractivity contribution in [2.75, 3.05) is 13.6 Å². The molecule has 0 saturated carbocycles. The zero-order valence-corrected chi connectivity index (χ0v) is 14.1. The number of sulfonamides is 1. The average molecular weight is 319 g/mol. The number of nitrogens with one attached hydrogen (secondary N) is 1. The molecule has 20 heavy (non-hydrogen) atoms. The molecule has 1 aromatic rings. The van der Waals surface area contributed by atoms with Crippen LogP contribution in [0.5, 0.6) is 0 Å². The molecule has 0 aromatic heterocycles. The van der Waals surface area contributed by atoms with Crippen LogP contribution in [0.4, 0.5) is 0 Å². The van der Waals surface area contributed by atoms with Crippen LogP contribution in [0.2, 0.25) is 5.02 Å². The minimum atomic E-state index is -3.43. The summed E-state index contributed by atoms with van der Waals surface area (Å²) < 4.78 is 26.1. The molecule has 0 bridgehead atoms. The van der Waals surface area contributed by atoms with Crippen molar-refractivity contribution in [1.82, 2.24) is 9.62 Å². The Labute approximate surface area is 127 Å². The monoisotopic (exact) mass is 318 g/mol. The maximum absolute atomic E-state index is 12.4. The normalized spacial score (nSPS) is 12.3. The number of rotatable bonds is 7. The Morgan fingerprint density at radius 1 is 1.35 bits per heavy atom. The molecule has 0 unspecified atom stereocenters. The van der Waals surface area contributed by atoms with Crippen molar-refractivity contribution in [3.05, 3.63) is 28.8 Å². The number of halogens is 1. The lowest BCUT2D eigenvalue weighted by Gasteiger charge is -2.17. The van der Waals surface area contributed by atoms with E-state index in [0.29, 0.717) is 29.0 Å². The Morgan fingerprint density at radius 3 is 2.55 bits per heavy atom. The smallest absolute Gasteiger partial charge is 0.242 e. The van der Waals surface area contributed by atoms with Crippen LogP contribution in [-0.2, 0) is 16.6 Å². The predicted octanol–water partition coefficient (Wildman–Crippen LogP) is 2.87. The van der Waals surface area contributed by atoms with Gasteiger partial charge in [-0.2, -0.15) is 0 Å². The van der Waals surface area contributed by atoms with Crippen molar-refractivity contribution in [1.29, 1.82) is 0 Å². The zero-order chi connectivity index (χ0) is 15.3. The Balaban J connectivity index is 3.05. The molecule has 0 amide bonds. The topological polar surface area (TPSA) is 49.4 Å². The first-order valence-electron chi connectivity index (χ1n) is 6.77. The molecule has 1 aromatic carbocycles. The molecule has 0 aliphatic carbocycles. The van der Waals surface area contributed by atoms with Crippen LogP contribution in [-0.4, -0.2) is 32.4 Å². The maximum Gasteiger partial charge on any atom is 0.242 e. The van der Waals surface area contributed by atoms with E-state index < -0.39 is 10.0 Å². The van der Waals surface area contributed by atoms with E-state index in [1.54, 1.807) is 25.2 Å². The van der Waals surface area contributed by atoms with Gasteiger partial charge in [0.1, 0.15) is 0 Å². The molecule has 0 aliphatic heterocycles. The SMILES string of the molecule is CCCN(C)S(=O)(=O)c1ccc(Cl)c(CNC(C)C)c1. The van der Waals surface area contributed by atoms with Gasteiger partial charge in [-0.1, -0.05) is 32.4 Å². The van der Waals surface area contributed by atoms with E-state index >= 15 is 0 Å². The Hall–Kier alpha value is -0.620. The lowest BCUT2D eigenvalue weighted by Crippen LogP contribution is -2.28. The Morgan fingerprint density at radius 2 is 2.00 bits per heavy atom. The van der Waals surface area contributed by atoms with Crippen LogP contribution in [0.3, 0.4) is 0 Å². The van der Waals surface area contributed by atoms with E-state index in [4.69, 9.17) is 11.6 Å². The second kappa shape index (κ2) is 7.41. The van der Waals surface area contributed by atoms with Gasteiger partial charge >= 0.3 is 0 Å². The summed E-state index contributed by atoms with van der Waals surface area (Å²) >= 11 is 6.12. The fourth-order valence-corrected chi connectivity index (χ4v) is 3.27. The third-order valence-corrected chi connectivity index (χ3v) is 5.19. The van der Waals surface area contributed by atoms with Crippen LogP contribution in [0.15, 0.2) is 23.1 Å². The number of benzene rings is 1. The fourth-order valence-electron chi connectivity index (χ4n) is 1.78. The van der Waals surface area contributed by atoms with E-state index in [-0.39, 0.29) is 0 Å². The number of nitrogens with zero attached hydrogens (tertiary/aromatic N) is 1. The first-order valence-corrected chi connectivity index (χ1v) is 8.59. The highest BCUT2D eigenvalue weighted by molar-refractivity contribution is 7.89. The van der Waals surface area contributed by atoms with Gasteiger partial charge in [-0.3, -0.25) is 0 Å². The molecule has 0 fully saturated rings. The minimum Gasteiger partial charge on any atom is -0.310 e. The summed E-state index contributed by atoms with van der Waals surface area (Å²) in [7, 11) is -1.84. The summed E-state index contributed by atoms with van der Waals surface area (Å²) in [5, 5.41) is 3.82. The van der Waals surface area contributed by atoms with Crippen LogP contribution in [0, 0.1) is 0 Å². The van der Waals surface area contributed by atoms with E-state index in [1.807, 2.05) is 20.8 Å². The lowest BCUT2D eigenvalue weighted by atomic mass is 10.2. The summed E-state index contributed by atoms with van der Waals surface area (Å²) in [5.74, 6) is 0. The second-order valence-corrected chi connectivity index (χ2v) is 7.57. The maximum atomic E-state index is 12.4. The lowest BCUT2D eigenvalue weighted by molar-refractivity contribution is 0.468. The highest BCUT2D eigenvalue weighted by Gasteiger charge is 2.20. The Bertz CT molecular complexity index is 544. The summed E-state index contributed by atoms with van der Waals surface area (Å²) in [6.45, 7) is 7.07.